The van der Waals surface area contributed by atoms with Gasteiger partial charge in [-0.05, 0) is 55.5 Å². The largest absolute Gasteiger partial charge is 0.431 e. The molecule has 1 saturated carbocycles. The number of hydrogen-bond donors (Lipinski definition) is 1. The normalized spacial score (nSPS) is 24.1. The van der Waals surface area contributed by atoms with Crippen LogP contribution in [0.4, 0.5) is 0 Å². The van der Waals surface area contributed by atoms with Gasteiger partial charge in [0.05, 0.1) is 10.2 Å². The topological polar surface area (TPSA) is 65.9 Å². The van der Waals surface area contributed by atoms with Crippen molar-refractivity contribution in [3.8, 4) is 10.9 Å². The fraction of sp³-hybridized carbons (Fsp3) is 0.417. The minimum absolute atomic E-state index is 0.0423. The number of rotatable bonds is 6. The minimum Gasteiger partial charge on any atom is -0.431 e. The van der Waals surface area contributed by atoms with Crippen molar-refractivity contribution in [1.82, 2.24) is 14.8 Å². The maximum Gasteiger partial charge on any atom is 0.279 e. The van der Waals surface area contributed by atoms with Gasteiger partial charge in [-0.1, -0.05) is 35.6 Å². The van der Waals surface area contributed by atoms with Gasteiger partial charge in [0.2, 0.25) is 0 Å². The van der Waals surface area contributed by atoms with E-state index in [0.29, 0.717) is 24.1 Å². The lowest BCUT2D eigenvalue weighted by Gasteiger charge is -2.35. The van der Waals surface area contributed by atoms with Gasteiger partial charge in [-0.15, -0.1) is 0 Å². The number of aliphatic hydroxyl groups is 1. The summed E-state index contributed by atoms with van der Waals surface area (Å²) in [4.78, 5) is 21.5. The molecule has 0 spiro atoms. The quantitative estimate of drug-likeness (QED) is 0.643. The van der Waals surface area contributed by atoms with Crippen molar-refractivity contribution in [2.45, 2.75) is 43.4 Å². The number of hydrogen-bond acceptors (Lipinski definition) is 6. The number of amides is 1. The number of benzene rings is 2. The molecule has 0 radical (unpaired) electrons. The number of piperazine rings is 1. The molecule has 3 aromatic rings. The maximum absolute atomic E-state index is 12.5. The number of nitrogens with zero attached hydrogens (tertiary/aromatic N) is 3. The van der Waals surface area contributed by atoms with Crippen LogP contribution in [0.1, 0.15) is 24.8 Å². The second kappa shape index (κ2) is 7.29. The average Bonchev–Trinajstić information content (AvgIpc) is 3.12. The van der Waals surface area contributed by atoms with Crippen molar-refractivity contribution in [2.24, 2.45) is 0 Å². The van der Waals surface area contributed by atoms with Gasteiger partial charge in [-0.2, -0.15) is 0 Å². The fourth-order valence-electron chi connectivity index (χ4n) is 4.90. The predicted molar refractivity (Wildman–Crippen MR) is 120 cm³/mol. The molecule has 6 rings (SSSR count). The Labute approximate surface area is 185 Å². The summed E-state index contributed by atoms with van der Waals surface area (Å²) in [5, 5.41) is 10.8. The predicted octanol–water partition coefficient (Wildman–Crippen LogP) is 3.44. The molecule has 7 heteroatoms. The van der Waals surface area contributed by atoms with E-state index in [1.54, 1.807) is 11.3 Å². The molecule has 2 saturated heterocycles. The molecule has 1 aliphatic carbocycles. The molecule has 3 fully saturated rings. The van der Waals surface area contributed by atoms with Crippen LogP contribution in [0.2, 0.25) is 0 Å². The van der Waals surface area contributed by atoms with Gasteiger partial charge < -0.3 is 14.7 Å². The monoisotopic (exact) mass is 435 g/mol. The van der Waals surface area contributed by atoms with Gasteiger partial charge in [0.1, 0.15) is 11.4 Å². The molecule has 2 aromatic carbocycles. The molecule has 160 valence electrons. The second-order valence-corrected chi connectivity index (χ2v) is 9.97. The number of likely N-dealkylation sites (tertiary alicyclic amines) is 2. The van der Waals surface area contributed by atoms with E-state index in [1.807, 2.05) is 35.2 Å². The molecule has 6 nitrogen and oxygen atoms in total. The zero-order valence-electron chi connectivity index (χ0n) is 17.2. The zero-order chi connectivity index (χ0) is 21.0. The van der Waals surface area contributed by atoms with E-state index < -0.39 is 5.60 Å². The van der Waals surface area contributed by atoms with E-state index in [1.165, 1.54) is 5.56 Å². The second-order valence-electron chi connectivity index (χ2n) is 8.97. The van der Waals surface area contributed by atoms with Gasteiger partial charge in [0.25, 0.3) is 11.1 Å². The number of thiazole rings is 1. The Kier molecular flexibility index (Phi) is 4.52. The van der Waals surface area contributed by atoms with Crippen molar-refractivity contribution in [3.05, 3.63) is 54.1 Å². The van der Waals surface area contributed by atoms with Gasteiger partial charge in [0.15, 0.2) is 0 Å². The molecule has 3 aliphatic rings. The summed E-state index contributed by atoms with van der Waals surface area (Å²) in [6.07, 6.45) is 3.22. The summed E-state index contributed by atoms with van der Waals surface area (Å²) in [5.41, 5.74) is 1.16. The van der Waals surface area contributed by atoms with E-state index in [-0.39, 0.29) is 11.9 Å². The molecule has 2 atom stereocenters. The highest BCUT2D eigenvalue weighted by molar-refractivity contribution is 7.20. The Morgan fingerprint density at radius 3 is 2.81 bits per heavy atom. The average molecular weight is 436 g/mol. The summed E-state index contributed by atoms with van der Waals surface area (Å²) in [7, 11) is 0. The first-order chi connectivity index (χ1) is 15.1. The number of aromatic nitrogens is 1. The van der Waals surface area contributed by atoms with Crippen LogP contribution in [0.25, 0.3) is 10.2 Å². The highest BCUT2D eigenvalue weighted by Gasteiger charge is 2.55. The van der Waals surface area contributed by atoms with Gasteiger partial charge in [-0.25, -0.2) is 4.98 Å². The molecule has 0 unspecified atom stereocenters. The molecular weight excluding hydrogens is 410 g/mol. The molecule has 1 amide bonds. The first kappa shape index (κ1) is 19.2. The number of carbonyl (C=O) groups excluding carboxylic acids is 1. The van der Waals surface area contributed by atoms with Crippen molar-refractivity contribution < 1.29 is 14.6 Å². The summed E-state index contributed by atoms with van der Waals surface area (Å²) < 4.78 is 7.15. The molecule has 2 bridgehead atoms. The van der Waals surface area contributed by atoms with Crippen molar-refractivity contribution in [2.75, 3.05) is 19.6 Å². The van der Waals surface area contributed by atoms with Crippen LogP contribution < -0.4 is 4.74 Å². The SMILES string of the molecule is O=C(N1C[C@@H]2C[C@H]1CN2CCc1cccc(Oc2nc3ccccc3s2)c1)C1(O)CC1. The third kappa shape index (κ3) is 3.60. The lowest BCUT2D eigenvalue weighted by molar-refractivity contribution is -0.144. The van der Waals surface area contributed by atoms with Crippen LogP contribution in [-0.4, -0.2) is 63.1 Å². The number of ether oxygens (including phenoxy) is 1. The van der Waals surface area contributed by atoms with Gasteiger partial charge >= 0.3 is 0 Å². The van der Waals surface area contributed by atoms with Gasteiger partial charge in [-0.3, -0.25) is 9.69 Å². The first-order valence-electron chi connectivity index (χ1n) is 11.0. The smallest absolute Gasteiger partial charge is 0.279 e. The first-order valence-corrected chi connectivity index (χ1v) is 11.8. The Morgan fingerprint density at radius 2 is 2.03 bits per heavy atom. The van der Waals surface area contributed by atoms with E-state index in [2.05, 4.69) is 28.1 Å². The third-order valence-electron chi connectivity index (χ3n) is 6.80. The van der Waals surface area contributed by atoms with Crippen LogP contribution in [0.5, 0.6) is 10.9 Å². The van der Waals surface area contributed by atoms with Crippen LogP contribution >= 0.6 is 11.3 Å². The lowest BCUT2D eigenvalue weighted by atomic mass is 10.1. The van der Waals surface area contributed by atoms with E-state index in [4.69, 9.17) is 4.74 Å². The standard InChI is InChI=1S/C24H25N3O3S/c28-22(24(29)9-10-24)27-15-17-13-18(27)14-26(17)11-8-16-4-3-5-19(12-16)30-23-25-20-6-1-2-7-21(20)31-23/h1-7,12,17-18,29H,8-11,13-15H2/t17-,18-/m0/s1. The Balaban J connectivity index is 1.06. The number of para-hydroxylation sites is 1. The van der Waals surface area contributed by atoms with Crippen molar-refractivity contribution in [3.63, 3.8) is 0 Å². The molecular formula is C24H25N3O3S. The molecule has 1 aromatic heterocycles. The molecule has 3 heterocycles. The molecule has 31 heavy (non-hydrogen) atoms. The maximum atomic E-state index is 12.5. The highest BCUT2D eigenvalue weighted by Crippen LogP contribution is 2.41. The third-order valence-corrected chi connectivity index (χ3v) is 7.72. The Hall–Kier alpha value is -2.48. The van der Waals surface area contributed by atoms with Crippen LogP contribution in [0.15, 0.2) is 48.5 Å². The summed E-state index contributed by atoms with van der Waals surface area (Å²) in [6.45, 7) is 2.64. The highest BCUT2D eigenvalue weighted by atomic mass is 32.1. The summed E-state index contributed by atoms with van der Waals surface area (Å²) >= 11 is 1.56. The summed E-state index contributed by atoms with van der Waals surface area (Å²) in [6, 6.07) is 17.0. The zero-order valence-corrected chi connectivity index (χ0v) is 18.1. The molecule has 2 aliphatic heterocycles. The fourth-order valence-corrected chi connectivity index (χ4v) is 5.74. The van der Waals surface area contributed by atoms with Gasteiger partial charge in [0, 0.05) is 31.7 Å². The van der Waals surface area contributed by atoms with E-state index in [0.717, 1.165) is 48.4 Å². The minimum atomic E-state index is -1.04. The molecule has 1 N–H and O–H groups in total. The number of carbonyl (C=O) groups is 1. The lowest BCUT2D eigenvalue weighted by Crippen LogP contribution is -2.52. The van der Waals surface area contributed by atoms with Crippen LogP contribution in [0, 0.1) is 0 Å². The van der Waals surface area contributed by atoms with Crippen molar-refractivity contribution >= 4 is 27.5 Å². The number of fused-ring (bicyclic) bond motifs is 3. The Bertz CT molecular complexity index is 1110. The Morgan fingerprint density at radius 1 is 1.16 bits per heavy atom. The summed E-state index contributed by atoms with van der Waals surface area (Å²) in [5.74, 6) is 0.772. The van der Waals surface area contributed by atoms with E-state index in [9.17, 15) is 9.90 Å². The van der Waals surface area contributed by atoms with Crippen molar-refractivity contribution in [1.29, 1.82) is 0 Å². The van der Waals surface area contributed by atoms with Crippen LogP contribution in [-0.2, 0) is 11.2 Å². The van der Waals surface area contributed by atoms with E-state index >= 15 is 0 Å². The van der Waals surface area contributed by atoms with Crippen LogP contribution in [0.3, 0.4) is 0 Å².